The fourth-order valence-corrected chi connectivity index (χ4v) is 7.51. The smallest absolute Gasteiger partial charge is 0.101 e. The Kier molecular flexibility index (Phi) is 3.63. The van der Waals surface area contributed by atoms with Gasteiger partial charge >= 0.3 is 0 Å². The van der Waals surface area contributed by atoms with Crippen LogP contribution in [-0.2, 0) is 0 Å². The van der Waals surface area contributed by atoms with Crippen LogP contribution < -0.4 is 4.90 Å². The van der Waals surface area contributed by atoms with Crippen LogP contribution in [0.2, 0.25) is 0 Å². The first kappa shape index (κ1) is 15.4. The molecule has 1 unspecified atom stereocenters. The van der Waals surface area contributed by atoms with Crippen molar-refractivity contribution in [3.8, 4) is 0 Å². The van der Waals surface area contributed by atoms with E-state index in [1.807, 2.05) is 0 Å². The van der Waals surface area contributed by atoms with Crippen LogP contribution in [0.1, 0.15) is 58.8 Å². The van der Waals surface area contributed by atoms with Crippen molar-refractivity contribution < 1.29 is 15.1 Å². The summed E-state index contributed by atoms with van der Waals surface area (Å²) in [6.45, 7) is 7.47. The van der Waals surface area contributed by atoms with Gasteiger partial charge in [0.05, 0.1) is 25.3 Å². The highest BCUT2D eigenvalue weighted by molar-refractivity contribution is 5.09. The third-order valence-electron chi connectivity index (χ3n) is 8.73. The molecule has 0 aromatic rings. The van der Waals surface area contributed by atoms with Gasteiger partial charge in [-0.25, -0.2) is 0 Å². The first-order valence-corrected chi connectivity index (χ1v) is 9.64. The second kappa shape index (κ2) is 5.19. The molecule has 126 valence electrons. The molecule has 0 bridgehead atoms. The van der Waals surface area contributed by atoms with Crippen molar-refractivity contribution in [2.75, 3.05) is 19.7 Å². The number of nitrogens with one attached hydrogen (secondary N) is 1. The van der Waals surface area contributed by atoms with Crippen LogP contribution in [0.5, 0.6) is 0 Å². The second-order valence-electron chi connectivity index (χ2n) is 9.28. The molecule has 3 saturated carbocycles. The number of quaternary nitrogens is 1. The Morgan fingerprint density at radius 2 is 1.73 bits per heavy atom. The van der Waals surface area contributed by atoms with Crippen molar-refractivity contribution in [3.63, 3.8) is 0 Å². The molecular weight excluding hydrogens is 274 g/mol. The van der Waals surface area contributed by atoms with Gasteiger partial charge in [0.1, 0.15) is 6.54 Å². The quantitative estimate of drug-likeness (QED) is 0.719. The monoisotopic (exact) mass is 308 g/mol. The molecule has 4 fully saturated rings. The first-order chi connectivity index (χ1) is 10.5. The molecule has 3 heteroatoms. The van der Waals surface area contributed by atoms with E-state index in [2.05, 4.69) is 13.8 Å². The highest BCUT2D eigenvalue weighted by Gasteiger charge is 2.62. The maximum Gasteiger partial charge on any atom is 0.101 e. The summed E-state index contributed by atoms with van der Waals surface area (Å²) >= 11 is 0. The van der Waals surface area contributed by atoms with Crippen molar-refractivity contribution in [2.24, 2.45) is 28.6 Å². The lowest BCUT2D eigenvalue weighted by Crippen LogP contribution is -3.15. The molecule has 3 N–H and O–H groups in total. The number of rotatable bonds is 2. The van der Waals surface area contributed by atoms with Crippen LogP contribution in [-0.4, -0.2) is 42.1 Å². The fourth-order valence-electron chi connectivity index (χ4n) is 7.51. The Hall–Kier alpha value is -0.120. The molecule has 4 aliphatic rings. The zero-order valence-corrected chi connectivity index (χ0v) is 14.4. The summed E-state index contributed by atoms with van der Waals surface area (Å²) in [5.74, 6) is 2.48. The van der Waals surface area contributed by atoms with E-state index in [0.717, 1.165) is 36.8 Å². The number of likely N-dealkylation sites (tertiary alicyclic amines) is 1. The van der Waals surface area contributed by atoms with E-state index in [-0.39, 0.29) is 11.5 Å². The topological polar surface area (TPSA) is 44.9 Å². The lowest BCUT2D eigenvalue weighted by Gasteiger charge is -2.56. The molecule has 0 spiro atoms. The van der Waals surface area contributed by atoms with E-state index < -0.39 is 0 Å². The number of aliphatic hydroxyl groups excluding tert-OH is 2. The van der Waals surface area contributed by atoms with Gasteiger partial charge in [0, 0.05) is 18.3 Å². The van der Waals surface area contributed by atoms with Crippen molar-refractivity contribution in [1.29, 1.82) is 0 Å². The molecule has 8 atom stereocenters. The molecule has 0 aromatic carbocycles. The van der Waals surface area contributed by atoms with E-state index in [9.17, 15) is 10.2 Å². The maximum absolute atomic E-state index is 10.5. The molecule has 1 saturated heterocycles. The minimum atomic E-state index is -0.0518. The van der Waals surface area contributed by atoms with Gasteiger partial charge in [-0.2, -0.15) is 0 Å². The summed E-state index contributed by atoms with van der Waals surface area (Å²) < 4.78 is 0. The molecule has 3 nitrogen and oxygen atoms in total. The summed E-state index contributed by atoms with van der Waals surface area (Å²) in [5.41, 5.74) is 0.697. The lowest BCUT2D eigenvalue weighted by molar-refractivity contribution is -0.918. The van der Waals surface area contributed by atoms with Crippen molar-refractivity contribution in [1.82, 2.24) is 0 Å². The summed E-state index contributed by atoms with van der Waals surface area (Å²) in [4.78, 5) is 1.67. The first-order valence-electron chi connectivity index (χ1n) is 9.64. The molecule has 0 radical (unpaired) electrons. The van der Waals surface area contributed by atoms with E-state index in [4.69, 9.17) is 0 Å². The summed E-state index contributed by atoms with van der Waals surface area (Å²) in [6, 6.07) is 0.775. The SMILES string of the molecule is C[C@@]12CC[NH+](CCO)[C@@H]1CC[C@H]1[C@H]3CC[C@H](O)[C@]3(C)CC[C@@H]12. The van der Waals surface area contributed by atoms with Gasteiger partial charge in [-0.05, 0) is 55.3 Å². The highest BCUT2D eigenvalue weighted by Crippen LogP contribution is 2.63. The molecule has 4 rings (SSSR count). The standard InChI is InChI=1S/C19H33NO2/c1-18-9-10-20(11-12-21)16(18)5-3-13-14-4-6-17(22)19(14,2)8-7-15(13)18/h13-17,21-22H,3-12H2,1-2H3/p+1/t13-,14+,15-,16+,17-,18-,19+/m0/s1. The average molecular weight is 308 g/mol. The Morgan fingerprint density at radius 1 is 0.955 bits per heavy atom. The van der Waals surface area contributed by atoms with Crippen LogP contribution in [0, 0.1) is 28.6 Å². The van der Waals surface area contributed by atoms with Gasteiger partial charge < -0.3 is 15.1 Å². The summed E-state index contributed by atoms with van der Waals surface area (Å²) in [5, 5.41) is 19.9. The van der Waals surface area contributed by atoms with Crippen LogP contribution in [0.15, 0.2) is 0 Å². The van der Waals surface area contributed by atoms with Gasteiger partial charge in [0.25, 0.3) is 0 Å². The Balaban J connectivity index is 1.60. The van der Waals surface area contributed by atoms with Crippen molar-refractivity contribution in [2.45, 2.75) is 70.9 Å². The molecule has 22 heavy (non-hydrogen) atoms. The average Bonchev–Trinajstić information content (AvgIpc) is 2.98. The van der Waals surface area contributed by atoms with Gasteiger partial charge in [-0.1, -0.05) is 13.8 Å². The third kappa shape index (κ3) is 1.91. The van der Waals surface area contributed by atoms with Gasteiger partial charge in [-0.3, -0.25) is 0 Å². The fraction of sp³-hybridized carbons (Fsp3) is 1.00. The van der Waals surface area contributed by atoms with Crippen molar-refractivity contribution in [3.05, 3.63) is 0 Å². The third-order valence-corrected chi connectivity index (χ3v) is 8.73. The number of hydrogen-bond donors (Lipinski definition) is 3. The highest BCUT2D eigenvalue weighted by atomic mass is 16.3. The zero-order chi connectivity index (χ0) is 15.5. The van der Waals surface area contributed by atoms with Crippen molar-refractivity contribution >= 4 is 0 Å². The van der Waals surface area contributed by atoms with E-state index >= 15 is 0 Å². The molecule has 3 aliphatic carbocycles. The number of aliphatic hydroxyl groups is 2. The predicted molar refractivity (Wildman–Crippen MR) is 86.6 cm³/mol. The second-order valence-corrected chi connectivity index (χ2v) is 9.28. The minimum absolute atomic E-state index is 0.0518. The maximum atomic E-state index is 10.5. The van der Waals surface area contributed by atoms with Gasteiger partial charge in [0.2, 0.25) is 0 Å². The minimum Gasteiger partial charge on any atom is -0.393 e. The zero-order valence-electron chi connectivity index (χ0n) is 14.4. The molecule has 1 aliphatic heterocycles. The number of fused-ring (bicyclic) bond motifs is 5. The van der Waals surface area contributed by atoms with Crippen LogP contribution in [0.25, 0.3) is 0 Å². The molecule has 0 amide bonds. The summed E-state index contributed by atoms with van der Waals surface area (Å²) in [6.07, 6.45) is 8.86. The molecule has 0 aromatic heterocycles. The van der Waals surface area contributed by atoms with Crippen LogP contribution in [0.3, 0.4) is 0 Å². The summed E-state index contributed by atoms with van der Waals surface area (Å²) in [7, 11) is 0. The molecule has 1 heterocycles. The van der Waals surface area contributed by atoms with Gasteiger partial charge in [0.15, 0.2) is 0 Å². The normalized spacial score (nSPS) is 57.3. The van der Waals surface area contributed by atoms with E-state index in [0.29, 0.717) is 12.0 Å². The largest absolute Gasteiger partial charge is 0.393 e. The van der Waals surface area contributed by atoms with Crippen LogP contribution >= 0.6 is 0 Å². The Morgan fingerprint density at radius 3 is 2.50 bits per heavy atom. The van der Waals surface area contributed by atoms with E-state index in [1.165, 1.54) is 45.1 Å². The van der Waals surface area contributed by atoms with Gasteiger partial charge in [-0.15, -0.1) is 0 Å². The Labute approximate surface area is 135 Å². The Bertz CT molecular complexity index is 441. The predicted octanol–water partition coefficient (Wildman–Crippen LogP) is 1.24. The van der Waals surface area contributed by atoms with Crippen LogP contribution in [0.4, 0.5) is 0 Å². The lowest BCUT2D eigenvalue weighted by atomic mass is 9.49. The van der Waals surface area contributed by atoms with E-state index in [1.54, 1.807) is 4.90 Å². The number of hydrogen-bond acceptors (Lipinski definition) is 2. The molecular formula is C19H34NO2+.